The van der Waals surface area contributed by atoms with Gasteiger partial charge in [-0.1, -0.05) is 0 Å². The molecular formula is C12H14ClNO4S. The Balaban J connectivity index is 2.46. The van der Waals surface area contributed by atoms with Crippen LogP contribution in [0.25, 0.3) is 0 Å². The van der Waals surface area contributed by atoms with Gasteiger partial charge in [-0.05, 0) is 24.6 Å². The minimum absolute atomic E-state index is 0.0409. The fraction of sp³-hybridized carbons (Fsp3) is 0.417. The highest BCUT2D eigenvalue weighted by atomic mass is 35.5. The normalized spacial score (nSPS) is 18.1. The van der Waals surface area contributed by atoms with Crippen LogP contribution in [-0.2, 0) is 10.0 Å². The molecule has 0 amide bonds. The molecule has 1 aromatic rings. The fourth-order valence-electron chi connectivity index (χ4n) is 1.98. The van der Waals surface area contributed by atoms with Crippen LogP contribution in [0.2, 0.25) is 0 Å². The summed E-state index contributed by atoms with van der Waals surface area (Å²) in [5, 5.41) is 0. The summed E-state index contributed by atoms with van der Waals surface area (Å²) in [6.07, 6.45) is 0.513. The molecule has 104 valence electrons. The fourth-order valence-corrected chi connectivity index (χ4v) is 3.73. The van der Waals surface area contributed by atoms with Gasteiger partial charge in [0.1, 0.15) is 5.75 Å². The van der Waals surface area contributed by atoms with Crippen molar-refractivity contribution in [1.82, 2.24) is 4.31 Å². The minimum Gasteiger partial charge on any atom is -0.497 e. The second-order valence-corrected chi connectivity index (χ2v) is 6.45. The van der Waals surface area contributed by atoms with Gasteiger partial charge in [-0.25, -0.2) is 8.42 Å². The summed E-state index contributed by atoms with van der Waals surface area (Å²) in [5.74, 6) is 0.602. The lowest BCUT2D eigenvalue weighted by Crippen LogP contribution is -2.41. The van der Waals surface area contributed by atoms with Crippen molar-refractivity contribution >= 4 is 27.4 Å². The van der Waals surface area contributed by atoms with Crippen LogP contribution in [0.4, 0.5) is 0 Å². The van der Waals surface area contributed by atoms with Crippen LogP contribution in [0.15, 0.2) is 23.1 Å². The van der Waals surface area contributed by atoms with Gasteiger partial charge in [0.25, 0.3) is 0 Å². The molecule has 0 fully saturated rings. The number of alkyl halides is 1. The van der Waals surface area contributed by atoms with Gasteiger partial charge in [0.2, 0.25) is 10.0 Å². The van der Waals surface area contributed by atoms with Crippen molar-refractivity contribution in [2.24, 2.45) is 0 Å². The lowest BCUT2D eigenvalue weighted by atomic mass is 10.1. The van der Waals surface area contributed by atoms with E-state index < -0.39 is 10.0 Å². The Morgan fingerprint density at radius 3 is 2.79 bits per heavy atom. The first-order valence-corrected chi connectivity index (χ1v) is 7.75. The summed E-state index contributed by atoms with van der Waals surface area (Å²) < 4.78 is 30.9. The number of halogens is 1. The highest BCUT2D eigenvalue weighted by Gasteiger charge is 2.35. The number of rotatable bonds is 4. The van der Waals surface area contributed by atoms with E-state index in [0.29, 0.717) is 18.1 Å². The van der Waals surface area contributed by atoms with E-state index in [1.807, 2.05) is 0 Å². The van der Waals surface area contributed by atoms with E-state index in [1.165, 1.54) is 29.6 Å². The van der Waals surface area contributed by atoms with Gasteiger partial charge in [-0.3, -0.25) is 4.79 Å². The molecular weight excluding hydrogens is 290 g/mol. The van der Waals surface area contributed by atoms with Gasteiger partial charge in [-0.2, -0.15) is 4.31 Å². The predicted molar refractivity (Wildman–Crippen MR) is 71.4 cm³/mol. The molecule has 0 aliphatic carbocycles. The molecule has 0 atom stereocenters. The van der Waals surface area contributed by atoms with Gasteiger partial charge in [0, 0.05) is 18.0 Å². The second kappa shape index (κ2) is 5.48. The van der Waals surface area contributed by atoms with E-state index in [0.717, 1.165) is 0 Å². The van der Waals surface area contributed by atoms with Crippen molar-refractivity contribution in [3.63, 3.8) is 0 Å². The SMILES string of the molecule is COc1ccc2c(c1)C(=O)CN(CCCCl)S2(=O)=O. The monoisotopic (exact) mass is 303 g/mol. The number of methoxy groups -OCH3 is 1. The van der Waals surface area contributed by atoms with Gasteiger partial charge >= 0.3 is 0 Å². The Morgan fingerprint density at radius 1 is 1.42 bits per heavy atom. The van der Waals surface area contributed by atoms with E-state index >= 15 is 0 Å². The van der Waals surface area contributed by atoms with Crippen LogP contribution in [0, 0.1) is 0 Å². The topological polar surface area (TPSA) is 63.7 Å². The first-order valence-electron chi connectivity index (χ1n) is 5.78. The third kappa shape index (κ3) is 2.61. The molecule has 7 heteroatoms. The average molecular weight is 304 g/mol. The number of nitrogens with zero attached hydrogens (tertiary/aromatic N) is 1. The molecule has 0 unspecified atom stereocenters. The molecule has 0 aromatic heterocycles. The molecule has 0 saturated heterocycles. The number of ether oxygens (including phenoxy) is 1. The summed E-state index contributed by atoms with van der Waals surface area (Å²) in [5.41, 5.74) is 0.196. The standard InChI is InChI=1S/C12H14ClNO4S/c1-18-9-3-4-12-10(7-9)11(15)8-14(6-2-5-13)19(12,16)17/h3-4,7H,2,5-6,8H2,1H3. The molecule has 0 bridgehead atoms. The number of Topliss-reactive ketones (excluding diaryl/α,β-unsaturated/α-hetero) is 1. The largest absolute Gasteiger partial charge is 0.497 e. The van der Waals surface area contributed by atoms with E-state index in [1.54, 1.807) is 0 Å². The van der Waals surface area contributed by atoms with Gasteiger partial charge in [0.05, 0.1) is 18.6 Å². The summed E-state index contributed by atoms with van der Waals surface area (Å²) in [6, 6.07) is 4.41. The zero-order chi connectivity index (χ0) is 14.0. The third-order valence-corrected chi connectivity index (χ3v) is 5.14. The minimum atomic E-state index is -3.61. The van der Waals surface area contributed by atoms with Crippen molar-refractivity contribution < 1.29 is 17.9 Å². The van der Waals surface area contributed by atoms with Crippen LogP contribution in [0.1, 0.15) is 16.8 Å². The Bertz CT molecular complexity index is 600. The number of carbonyl (C=O) groups is 1. The summed E-state index contributed by atoms with van der Waals surface area (Å²) in [6.45, 7) is 0.114. The van der Waals surface area contributed by atoms with Crippen LogP contribution in [0.3, 0.4) is 0 Å². The van der Waals surface area contributed by atoms with Gasteiger partial charge in [0.15, 0.2) is 5.78 Å². The maximum atomic E-state index is 12.3. The molecule has 5 nitrogen and oxygen atoms in total. The molecule has 0 N–H and O–H groups in total. The van der Waals surface area contributed by atoms with E-state index in [4.69, 9.17) is 16.3 Å². The number of hydrogen-bond acceptors (Lipinski definition) is 4. The van der Waals surface area contributed by atoms with Crippen LogP contribution >= 0.6 is 11.6 Å². The van der Waals surface area contributed by atoms with Crippen molar-refractivity contribution in [3.05, 3.63) is 23.8 Å². The number of fused-ring (bicyclic) bond motifs is 1. The molecule has 1 aromatic carbocycles. The molecule has 0 spiro atoms. The number of hydrogen-bond donors (Lipinski definition) is 0. The number of benzene rings is 1. The quantitative estimate of drug-likeness (QED) is 0.791. The first-order chi connectivity index (χ1) is 9.00. The molecule has 0 saturated carbocycles. The molecule has 1 aliphatic rings. The van der Waals surface area contributed by atoms with E-state index in [2.05, 4.69) is 0 Å². The summed E-state index contributed by atoms with van der Waals surface area (Å²) in [4.78, 5) is 12.1. The highest BCUT2D eigenvalue weighted by Crippen LogP contribution is 2.29. The van der Waals surface area contributed by atoms with Crippen molar-refractivity contribution in [1.29, 1.82) is 0 Å². The number of carbonyl (C=O) groups excluding carboxylic acids is 1. The zero-order valence-corrected chi connectivity index (χ0v) is 12.0. The maximum Gasteiger partial charge on any atom is 0.244 e. The number of sulfonamides is 1. The molecule has 2 rings (SSSR count). The molecule has 1 heterocycles. The first kappa shape index (κ1) is 14.3. The van der Waals surface area contributed by atoms with Gasteiger partial charge < -0.3 is 4.74 Å². The predicted octanol–water partition coefficient (Wildman–Crippen LogP) is 1.51. The summed E-state index contributed by atoms with van der Waals surface area (Å²) >= 11 is 5.57. The summed E-state index contributed by atoms with van der Waals surface area (Å²) in [7, 11) is -2.15. The second-order valence-electron chi connectivity index (χ2n) is 4.17. The van der Waals surface area contributed by atoms with Crippen LogP contribution in [-0.4, -0.2) is 44.6 Å². The number of ketones is 1. The van der Waals surface area contributed by atoms with Crippen molar-refractivity contribution in [2.75, 3.05) is 26.1 Å². The maximum absolute atomic E-state index is 12.3. The van der Waals surface area contributed by atoms with E-state index in [9.17, 15) is 13.2 Å². The third-order valence-electron chi connectivity index (χ3n) is 2.97. The van der Waals surface area contributed by atoms with E-state index in [-0.39, 0.29) is 29.3 Å². The van der Waals surface area contributed by atoms with Crippen molar-refractivity contribution in [2.45, 2.75) is 11.3 Å². The lowest BCUT2D eigenvalue weighted by molar-refractivity contribution is 0.0955. The zero-order valence-electron chi connectivity index (χ0n) is 10.4. The Kier molecular flexibility index (Phi) is 4.13. The Labute approximate surface area is 117 Å². The Hall–Kier alpha value is -1.11. The smallest absolute Gasteiger partial charge is 0.244 e. The highest BCUT2D eigenvalue weighted by molar-refractivity contribution is 7.89. The van der Waals surface area contributed by atoms with Crippen LogP contribution < -0.4 is 4.74 Å². The lowest BCUT2D eigenvalue weighted by Gasteiger charge is -2.27. The molecule has 0 radical (unpaired) electrons. The molecule has 19 heavy (non-hydrogen) atoms. The van der Waals surface area contributed by atoms with Gasteiger partial charge in [-0.15, -0.1) is 11.6 Å². The average Bonchev–Trinajstić information content (AvgIpc) is 2.41. The Morgan fingerprint density at radius 2 is 2.16 bits per heavy atom. The molecule has 1 aliphatic heterocycles. The van der Waals surface area contributed by atoms with Crippen molar-refractivity contribution in [3.8, 4) is 5.75 Å². The van der Waals surface area contributed by atoms with Crippen LogP contribution in [0.5, 0.6) is 5.75 Å².